The van der Waals surface area contributed by atoms with Crippen molar-refractivity contribution in [3.8, 4) is 0 Å². The normalized spacial score (nSPS) is 17.5. The highest BCUT2D eigenvalue weighted by Gasteiger charge is 2.12. The van der Waals surface area contributed by atoms with Crippen LogP contribution >= 0.6 is 22.9 Å². The zero-order valence-electron chi connectivity index (χ0n) is 9.15. The van der Waals surface area contributed by atoms with Crippen LogP contribution in [0.4, 0.5) is 5.13 Å². The van der Waals surface area contributed by atoms with Crippen LogP contribution in [0, 0.1) is 0 Å². The molecule has 1 N–H and O–H groups in total. The van der Waals surface area contributed by atoms with E-state index in [4.69, 9.17) is 16.3 Å². The van der Waals surface area contributed by atoms with E-state index in [0.29, 0.717) is 0 Å². The molecule has 0 aliphatic carbocycles. The van der Waals surface area contributed by atoms with Crippen LogP contribution < -0.4 is 5.43 Å². The van der Waals surface area contributed by atoms with Gasteiger partial charge in [-0.3, -0.25) is 5.43 Å². The van der Waals surface area contributed by atoms with E-state index in [1.165, 1.54) is 0 Å². The van der Waals surface area contributed by atoms with Crippen molar-refractivity contribution in [3.63, 3.8) is 0 Å². The quantitative estimate of drug-likeness (QED) is 0.909. The third-order valence-electron chi connectivity index (χ3n) is 2.62. The average molecular weight is 270 g/mol. The molecule has 0 spiro atoms. The maximum atomic E-state index is 5.95. The Morgan fingerprint density at radius 2 is 2.18 bits per heavy atom. The number of hydrazine groups is 1. The predicted octanol–water partition coefficient (Wildman–Crippen LogP) is 2.61. The van der Waals surface area contributed by atoms with Crippen molar-refractivity contribution in [2.45, 2.75) is 0 Å². The molecule has 2 aromatic rings. The number of hydrogen-bond donors (Lipinski definition) is 1. The first-order chi connectivity index (χ1) is 8.31. The van der Waals surface area contributed by atoms with Crippen LogP contribution in [0.25, 0.3) is 10.2 Å². The molecule has 1 aromatic carbocycles. The number of fused-ring (bicyclic) bond motifs is 1. The Balaban J connectivity index is 1.80. The first kappa shape index (κ1) is 11.2. The molecule has 1 aromatic heterocycles. The summed E-state index contributed by atoms with van der Waals surface area (Å²) in [5.41, 5.74) is 4.29. The lowest BCUT2D eigenvalue weighted by Gasteiger charge is -2.26. The van der Waals surface area contributed by atoms with E-state index >= 15 is 0 Å². The minimum Gasteiger partial charge on any atom is -0.379 e. The zero-order chi connectivity index (χ0) is 11.7. The summed E-state index contributed by atoms with van der Waals surface area (Å²) >= 11 is 7.57. The molecule has 0 radical (unpaired) electrons. The Labute approximate surface area is 108 Å². The van der Waals surface area contributed by atoms with Gasteiger partial charge in [0.05, 0.1) is 23.4 Å². The summed E-state index contributed by atoms with van der Waals surface area (Å²) in [5, 5.41) is 3.78. The zero-order valence-corrected chi connectivity index (χ0v) is 10.7. The molecular weight excluding hydrogens is 258 g/mol. The average Bonchev–Trinajstić information content (AvgIpc) is 2.71. The summed E-state index contributed by atoms with van der Waals surface area (Å²) in [4.78, 5) is 4.51. The number of nitrogens with one attached hydrogen (secondary N) is 1. The molecule has 3 rings (SSSR count). The Morgan fingerprint density at radius 3 is 3.00 bits per heavy atom. The number of thiazole rings is 1. The topological polar surface area (TPSA) is 37.4 Å². The maximum Gasteiger partial charge on any atom is 0.198 e. The van der Waals surface area contributed by atoms with Crippen LogP contribution in [0.1, 0.15) is 0 Å². The number of morpholine rings is 1. The fraction of sp³-hybridized carbons (Fsp3) is 0.364. The number of hydrogen-bond acceptors (Lipinski definition) is 5. The second-order valence-electron chi connectivity index (χ2n) is 3.84. The molecule has 17 heavy (non-hydrogen) atoms. The van der Waals surface area contributed by atoms with Crippen molar-refractivity contribution in [1.29, 1.82) is 0 Å². The lowest BCUT2D eigenvalue weighted by molar-refractivity contribution is 0.0497. The van der Waals surface area contributed by atoms with Gasteiger partial charge in [-0.05, 0) is 18.2 Å². The third-order valence-corrected chi connectivity index (χ3v) is 3.77. The largest absolute Gasteiger partial charge is 0.379 e. The molecule has 0 saturated carbocycles. The summed E-state index contributed by atoms with van der Waals surface area (Å²) < 4.78 is 6.40. The molecule has 1 aliphatic heterocycles. The van der Waals surface area contributed by atoms with Crippen LogP contribution in [-0.4, -0.2) is 36.3 Å². The lowest BCUT2D eigenvalue weighted by atomic mass is 10.3. The number of ether oxygens (including phenoxy) is 1. The summed E-state index contributed by atoms with van der Waals surface area (Å²) in [7, 11) is 0. The third kappa shape index (κ3) is 2.52. The van der Waals surface area contributed by atoms with Gasteiger partial charge in [0.1, 0.15) is 0 Å². The van der Waals surface area contributed by atoms with E-state index in [9.17, 15) is 0 Å². The minimum absolute atomic E-state index is 0.749. The number of halogens is 1. The molecule has 1 fully saturated rings. The SMILES string of the molecule is Clc1ccc2nc(NN3CCOCC3)sc2c1. The second-order valence-corrected chi connectivity index (χ2v) is 5.31. The van der Waals surface area contributed by atoms with Gasteiger partial charge in [-0.1, -0.05) is 22.9 Å². The van der Waals surface area contributed by atoms with Crippen molar-refractivity contribution in [1.82, 2.24) is 9.99 Å². The monoisotopic (exact) mass is 269 g/mol. The van der Waals surface area contributed by atoms with Crippen molar-refractivity contribution < 1.29 is 4.74 Å². The maximum absolute atomic E-state index is 5.95. The van der Waals surface area contributed by atoms with E-state index in [1.54, 1.807) is 11.3 Å². The van der Waals surface area contributed by atoms with Crippen molar-refractivity contribution in [2.24, 2.45) is 0 Å². The molecule has 1 aliphatic rings. The van der Waals surface area contributed by atoms with Gasteiger partial charge in [-0.15, -0.1) is 0 Å². The Bertz CT molecular complexity index is 524. The first-order valence-electron chi connectivity index (χ1n) is 5.47. The molecule has 6 heteroatoms. The number of anilines is 1. The number of aromatic nitrogens is 1. The summed E-state index contributed by atoms with van der Waals surface area (Å²) in [6.07, 6.45) is 0. The van der Waals surface area contributed by atoms with Crippen LogP contribution in [0.15, 0.2) is 18.2 Å². The molecule has 0 amide bonds. The highest BCUT2D eigenvalue weighted by molar-refractivity contribution is 7.22. The van der Waals surface area contributed by atoms with Crippen LogP contribution in [-0.2, 0) is 4.74 Å². The van der Waals surface area contributed by atoms with Gasteiger partial charge in [0.2, 0.25) is 0 Å². The van der Waals surface area contributed by atoms with Gasteiger partial charge in [0.25, 0.3) is 0 Å². The van der Waals surface area contributed by atoms with E-state index in [0.717, 1.165) is 46.7 Å². The lowest BCUT2D eigenvalue weighted by Crippen LogP contribution is -2.40. The molecule has 0 atom stereocenters. The highest BCUT2D eigenvalue weighted by atomic mass is 35.5. The highest BCUT2D eigenvalue weighted by Crippen LogP contribution is 2.28. The van der Waals surface area contributed by atoms with Gasteiger partial charge in [-0.25, -0.2) is 9.99 Å². The Hall–Kier alpha value is -0.880. The Morgan fingerprint density at radius 1 is 1.35 bits per heavy atom. The van der Waals surface area contributed by atoms with Crippen molar-refractivity contribution in [3.05, 3.63) is 23.2 Å². The molecule has 90 valence electrons. The smallest absolute Gasteiger partial charge is 0.198 e. The van der Waals surface area contributed by atoms with Gasteiger partial charge >= 0.3 is 0 Å². The minimum atomic E-state index is 0.749. The van der Waals surface area contributed by atoms with Crippen molar-refractivity contribution >= 4 is 38.3 Å². The second kappa shape index (κ2) is 4.78. The number of benzene rings is 1. The first-order valence-corrected chi connectivity index (χ1v) is 6.66. The van der Waals surface area contributed by atoms with Gasteiger partial charge in [0, 0.05) is 18.1 Å². The van der Waals surface area contributed by atoms with E-state index in [1.807, 2.05) is 18.2 Å². The fourth-order valence-electron chi connectivity index (χ4n) is 1.76. The van der Waals surface area contributed by atoms with Gasteiger partial charge in [0.15, 0.2) is 5.13 Å². The van der Waals surface area contributed by atoms with Gasteiger partial charge in [-0.2, -0.15) is 0 Å². The number of nitrogens with zero attached hydrogens (tertiary/aromatic N) is 2. The molecule has 1 saturated heterocycles. The van der Waals surface area contributed by atoms with Crippen molar-refractivity contribution in [2.75, 3.05) is 31.7 Å². The predicted molar refractivity (Wildman–Crippen MR) is 70.6 cm³/mol. The fourth-order valence-corrected chi connectivity index (χ4v) is 2.92. The molecule has 4 nitrogen and oxygen atoms in total. The molecule has 2 heterocycles. The van der Waals surface area contributed by atoms with E-state index in [2.05, 4.69) is 15.4 Å². The molecule has 0 bridgehead atoms. The summed E-state index contributed by atoms with van der Waals surface area (Å²) in [5.74, 6) is 0. The standard InChI is InChI=1S/C11H12ClN3OS/c12-8-1-2-9-10(7-8)17-11(13-9)14-15-3-5-16-6-4-15/h1-2,7H,3-6H2,(H,13,14). The van der Waals surface area contributed by atoms with E-state index in [-0.39, 0.29) is 0 Å². The number of rotatable bonds is 2. The summed E-state index contributed by atoms with van der Waals surface area (Å²) in [6, 6.07) is 5.75. The van der Waals surface area contributed by atoms with E-state index < -0.39 is 0 Å². The Kier molecular flexibility index (Phi) is 3.15. The molecule has 0 unspecified atom stereocenters. The van der Waals surface area contributed by atoms with Crippen LogP contribution in [0.3, 0.4) is 0 Å². The summed E-state index contributed by atoms with van der Waals surface area (Å²) in [6.45, 7) is 3.31. The van der Waals surface area contributed by atoms with Crippen LogP contribution in [0.2, 0.25) is 5.02 Å². The van der Waals surface area contributed by atoms with Crippen LogP contribution in [0.5, 0.6) is 0 Å². The molecular formula is C11H12ClN3OS. The van der Waals surface area contributed by atoms with Gasteiger partial charge < -0.3 is 4.74 Å².